The molecule has 208 valence electrons. The van der Waals surface area contributed by atoms with Crippen molar-refractivity contribution in [1.82, 2.24) is 15.0 Å². The molecule has 0 unspecified atom stereocenters. The molecule has 2 heterocycles. The largest absolute Gasteiger partial charge is 0.418 e. The van der Waals surface area contributed by atoms with E-state index >= 15 is 0 Å². The predicted molar refractivity (Wildman–Crippen MR) is 141 cm³/mol. The third-order valence-corrected chi connectivity index (χ3v) is 7.18. The lowest BCUT2D eigenvalue weighted by Gasteiger charge is -2.31. The van der Waals surface area contributed by atoms with Crippen molar-refractivity contribution in [3.63, 3.8) is 0 Å². The SMILES string of the molecule is NS(=O)(=O)c1ccc(-n2cc(-c3cccc(NC(=O)c4ccc(N5CCOCC5)c(C(F)(F)F)c4)c3)nn2)cc1. The van der Waals surface area contributed by atoms with Gasteiger partial charge in [0.2, 0.25) is 10.0 Å². The van der Waals surface area contributed by atoms with Crippen molar-refractivity contribution in [2.75, 3.05) is 36.5 Å². The number of nitrogens with one attached hydrogen (secondary N) is 1. The summed E-state index contributed by atoms with van der Waals surface area (Å²) >= 11 is 0. The Labute approximate surface area is 227 Å². The fraction of sp³-hybridized carbons (Fsp3) is 0.192. The van der Waals surface area contributed by atoms with Crippen molar-refractivity contribution in [2.24, 2.45) is 5.14 Å². The summed E-state index contributed by atoms with van der Waals surface area (Å²) in [5.41, 5.74) is 0.909. The highest BCUT2D eigenvalue weighted by atomic mass is 32.2. The second-order valence-corrected chi connectivity index (χ2v) is 10.5. The molecule has 1 aliphatic heterocycles. The summed E-state index contributed by atoms with van der Waals surface area (Å²) in [4.78, 5) is 14.5. The van der Waals surface area contributed by atoms with Crippen molar-refractivity contribution >= 4 is 27.3 Å². The highest BCUT2D eigenvalue weighted by Gasteiger charge is 2.36. The van der Waals surface area contributed by atoms with Crippen LogP contribution in [0, 0.1) is 0 Å². The molecule has 4 aromatic rings. The number of nitrogens with two attached hydrogens (primary N) is 1. The van der Waals surface area contributed by atoms with E-state index in [0.29, 0.717) is 48.9 Å². The molecule has 0 atom stereocenters. The van der Waals surface area contributed by atoms with Crippen molar-refractivity contribution in [3.05, 3.63) is 84.1 Å². The van der Waals surface area contributed by atoms with Gasteiger partial charge in [-0.1, -0.05) is 17.3 Å². The minimum absolute atomic E-state index is 0.0109. The van der Waals surface area contributed by atoms with Gasteiger partial charge in [-0.2, -0.15) is 13.2 Å². The molecule has 10 nitrogen and oxygen atoms in total. The molecule has 1 saturated heterocycles. The van der Waals surface area contributed by atoms with Gasteiger partial charge in [0, 0.05) is 35.6 Å². The summed E-state index contributed by atoms with van der Waals surface area (Å²) in [5, 5.41) is 15.9. The summed E-state index contributed by atoms with van der Waals surface area (Å²) in [6.07, 6.45) is -3.04. The van der Waals surface area contributed by atoms with Gasteiger partial charge in [-0.25, -0.2) is 18.2 Å². The van der Waals surface area contributed by atoms with Gasteiger partial charge in [-0.15, -0.1) is 5.10 Å². The van der Waals surface area contributed by atoms with E-state index in [0.717, 1.165) is 6.07 Å². The Balaban J connectivity index is 1.35. The molecule has 0 aliphatic carbocycles. The number of nitrogens with zero attached hydrogens (tertiary/aromatic N) is 4. The number of rotatable bonds is 6. The number of carbonyl (C=O) groups is 1. The molecule has 1 aliphatic rings. The van der Waals surface area contributed by atoms with E-state index in [9.17, 15) is 26.4 Å². The number of primary sulfonamides is 1. The average molecular weight is 573 g/mol. The first-order valence-electron chi connectivity index (χ1n) is 12.0. The van der Waals surface area contributed by atoms with Crippen LogP contribution in [0.25, 0.3) is 16.9 Å². The maximum Gasteiger partial charge on any atom is 0.418 e. The number of hydrogen-bond donors (Lipinski definition) is 2. The van der Waals surface area contributed by atoms with Crippen molar-refractivity contribution in [3.8, 4) is 16.9 Å². The van der Waals surface area contributed by atoms with Crippen LogP contribution >= 0.6 is 0 Å². The zero-order valence-corrected chi connectivity index (χ0v) is 21.6. The summed E-state index contributed by atoms with van der Waals surface area (Å²) in [6.45, 7) is 1.31. The summed E-state index contributed by atoms with van der Waals surface area (Å²) in [6, 6.07) is 15.9. The Morgan fingerprint density at radius 1 is 1.00 bits per heavy atom. The van der Waals surface area contributed by atoms with E-state index in [1.165, 1.54) is 41.1 Å². The minimum atomic E-state index is -4.64. The quantitative estimate of drug-likeness (QED) is 0.360. The number of sulfonamides is 1. The van der Waals surface area contributed by atoms with Crippen LogP contribution in [0.4, 0.5) is 24.5 Å². The van der Waals surface area contributed by atoms with Gasteiger partial charge in [-0.05, 0) is 54.6 Å². The van der Waals surface area contributed by atoms with Crippen LogP contribution in [0.15, 0.2) is 77.8 Å². The molecule has 1 fully saturated rings. The third-order valence-electron chi connectivity index (χ3n) is 6.26. The molecule has 3 N–H and O–H groups in total. The number of hydrogen-bond acceptors (Lipinski definition) is 7. The molecule has 0 saturated carbocycles. The number of amides is 1. The highest BCUT2D eigenvalue weighted by molar-refractivity contribution is 7.89. The second kappa shape index (κ2) is 10.7. The smallest absolute Gasteiger partial charge is 0.378 e. The molecular weight excluding hydrogens is 549 g/mol. The van der Waals surface area contributed by atoms with Gasteiger partial charge in [0.15, 0.2) is 0 Å². The number of alkyl halides is 3. The highest BCUT2D eigenvalue weighted by Crippen LogP contribution is 2.37. The molecule has 40 heavy (non-hydrogen) atoms. The molecule has 3 aromatic carbocycles. The van der Waals surface area contributed by atoms with E-state index in [1.54, 1.807) is 35.4 Å². The predicted octanol–water partition coefficient (Wildman–Crippen LogP) is 3.69. The van der Waals surface area contributed by atoms with E-state index in [1.807, 2.05) is 0 Å². The molecule has 0 bridgehead atoms. The zero-order chi connectivity index (χ0) is 28.5. The third kappa shape index (κ3) is 5.98. The normalized spacial score (nSPS) is 14.2. The van der Waals surface area contributed by atoms with Crippen LogP contribution in [0.2, 0.25) is 0 Å². The molecule has 0 spiro atoms. The molecule has 1 aromatic heterocycles. The fourth-order valence-electron chi connectivity index (χ4n) is 4.25. The molecule has 5 rings (SSSR count). The number of ether oxygens (including phenoxy) is 1. The number of anilines is 2. The van der Waals surface area contributed by atoms with Gasteiger partial charge in [0.25, 0.3) is 5.91 Å². The Kier molecular flexibility index (Phi) is 7.31. The van der Waals surface area contributed by atoms with E-state index in [4.69, 9.17) is 9.88 Å². The monoisotopic (exact) mass is 572 g/mol. The first-order valence-corrected chi connectivity index (χ1v) is 13.5. The number of carbonyl (C=O) groups excluding carboxylic acids is 1. The van der Waals surface area contributed by atoms with Gasteiger partial charge < -0.3 is 15.0 Å². The standard InChI is InChI=1S/C26H23F3N6O4S/c27-26(28,29)22-15-18(4-9-24(22)34-10-12-39-13-11-34)25(36)31-19-3-1-2-17(14-19)23-16-35(33-32-23)20-5-7-21(8-6-20)40(30,37)38/h1-9,14-16H,10-13H2,(H,31,36)(H2,30,37,38). The van der Waals surface area contributed by atoms with E-state index in [2.05, 4.69) is 15.6 Å². The first kappa shape index (κ1) is 27.3. The van der Waals surface area contributed by atoms with Crippen molar-refractivity contribution in [2.45, 2.75) is 11.1 Å². The minimum Gasteiger partial charge on any atom is -0.378 e. The van der Waals surface area contributed by atoms with Crippen LogP contribution in [0.5, 0.6) is 0 Å². The lowest BCUT2D eigenvalue weighted by molar-refractivity contribution is -0.137. The Hall–Kier alpha value is -4.27. The molecule has 0 radical (unpaired) electrons. The molecular formula is C26H23F3N6O4S. The number of morpholine rings is 1. The van der Waals surface area contributed by atoms with E-state index in [-0.39, 0.29) is 16.1 Å². The molecule has 1 amide bonds. The molecule has 14 heteroatoms. The summed E-state index contributed by atoms with van der Waals surface area (Å²) in [5.74, 6) is -0.699. The number of halogens is 3. The van der Waals surface area contributed by atoms with Crippen LogP contribution in [0.1, 0.15) is 15.9 Å². The maximum atomic E-state index is 13.9. The lowest BCUT2D eigenvalue weighted by atomic mass is 10.1. The van der Waals surface area contributed by atoms with Crippen LogP contribution < -0.4 is 15.4 Å². The second-order valence-electron chi connectivity index (χ2n) is 8.95. The van der Waals surface area contributed by atoms with Crippen LogP contribution in [0.3, 0.4) is 0 Å². The fourth-order valence-corrected chi connectivity index (χ4v) is 4.77. The lowest BCUT2D eigenvalue weighted by Crippen LogP contribution is -2.37. The maximum absolute atomic E-state index is 13.9. The van der Waals surface area contributed by atoms with E-state index < -0.39 is 27.7 Å². The van der Waals surface area contributed by atoms with Crippen molar-refractivity contribution in [1.29, 1.82) is 0 Å². The van der Waals surface area contributed by atoms with Crippen LogP contribution in [-0.2, 0) is 20.9 Å². The van der Waals surface area contributed by atoms with Gasteiger partial charge >= 0.3 is 6.18 Å². The summed E-state index contributed by atoms with van der Waals surface area (Å²) < 4.78 is 71.2. The topological polar surface area (TPSA) is 132 Å². The zero-order valence-electron chi connectivity index (χ0n) is 20.8. The Morgan fingerprint density at radius 3 is 2.40 bits per heavy atom. The Morgan fingerprint density at radius 2 is 1.73 bits per heavy atom. The van der Waals surface area contributed by atoms with Gasteiger partial charge in [-0.3, -0.25) is 4.79 Å². The van der Waals surface area contributed by atoms with Crippen molar-refractivity contribution < 1.29 is 31.1 Å². The average Bonchev–Trinajstić information content (AvgIpc) is 3.43. The Bertz CT molecular complexity index is 1650. The number of aromatic nitrogens is 3. The van der Waals surface area contributed by atoms with Gasteiger partial charge in [0.1, 0.15) is 5.69 Å². The number of benzene rings is 3. The van der Waals surface area contributed by atoms with Gasteiger partial charge in [0.05, 0.1) is 35.6 Å². The van der Waals surface area contributed by atoms with Crippen LogP contribution in [-0.4, -0.2) is 55.6 Å². The summed E-state index contributed by atoms with van der Waals surface area (Å²) in [7, 11) is -3.83. The first-order chi connectivity index (χ1) is 19.0.